The molecular weight excluding hydrogens is 240 g/mol. The summed E-state index contributed by atoms with van der Waals surface area (Å²) < 4.78 is 5.66. The van der Waals surface area contributed by atoms with Crippen LogP contribution in [0.15, 0.2) is 6.20 Å². The maximum absolute atomic E-state index is 5.66. The number of fused-ring (bicyclic) bond motifs is 3. The monoisotopic (exact) mass is 258 g/mol. The molecule has 1 saturated carbocycles. The number of H-pyrrole nitrogens is 1. The van der Waals surface area contributed by atoms with E-state index in [1.807, 2.05) is 6.20 Å². The lowest BCUT2D eigenvalue weighted by molar-refractivity contribution is 0.279. The van der Waals surface area contributed by atoms with Gasteiger partial charge < -0.3 is 14.6 Å². The number of aromatic amines is 1. The maximum Gasteiger partial charge on any atom is 0.318 e. The molecule has 1 aliphatic carbocycles. The van der Waals surface area contributed by atoms with Crippen LogP contribution in [0.5, 0.6) is 6.01 Å². The van der Waals surface area contributed by atoms with Crippen LogP contribution in [0.2, 0.25) is 0 Å². The van der Waals surface area contributed by atoms with Crippen molar-refractivity contribution in [1.29, 1.82) is 0 Å². The van der Waals surface area contributed by atoms with E-state index in [0.29, 0.717) is 12.1 Å². The van der Waals surface area contributed by atoms with Crippen molar-refractivity contribution in [2.24, 2.45) is 0 Å². The predicted molar refractivity (Wildman–Crippen MR) is 72.4 cm³/mol. The molecule has 0 aromatic carbocycles. The Morgan fingerprint density at radius 3 is 3.00 bits per heavy atom. The molecule has 2 aromatic rings. The van der Waals surface area contributed by atoms with Gasteiger partial charge in [-0.3, -0.25) is 0 Å². The number of aromatic nitrogens is 3. The summed E-state index contributed by atoms with van der Waals surface area (Å²) in [6, 6.07) is 0.517. The molecule has 0 atom stereocenters. The van der Waals surface area contributed by atoms with E-state index in [2.05, 4.69) is 26.9 Å². The summed E-state index contributed by atoms with van der Waals surface area (Å²) in [4.78, 5) is 14.7. The van der Waals surface area contributed by atoms with Crippen LogP contribution >= 0.6 is 0 Å². The lowest BCUT2D eigenvalue weighted by atomic mass is 10.1. The average molecular weight is 258 g/mol. The molecule has 0 saturated heterocycles. The van der Waals surface area contributed by atoms with E-state index < -0.39 is 0 Å². The Kier molecular flexibility index (Phi) is 2.48. The summed E-state index contributed by atoms with van der Waals surface area (Å²) in [7, 11) is 2.17. The van der Waals surface area contributed by atoms with Gasteiger partial charge in [0.05, 0.1) is 0 Å². The van der Waals surface area contributed by atoms with Crippen molar-refractivity contribution in [3.05, 3.63) is 17.5 Å². The first kappa shape index (κ1) is 11.2. The molecule has 5 heteroatoms. The molecule has 1 aliphatic heterocycles. The molecule has 2 aromatic heterocycles. The van der Waals surface area contributed by atoms with Crippen molar-refractivity contribution in [3.63, 3.8) is 0 Å². The van der Waals surface area contributed by atoms with Crippen LogP contribution in [0.1, 0.15) is 24.1 Å². The summed E-state index contributed by atoms with van der Waals surface area (Å²) in [6.45, 7) is 2.19. The second-order valence-corrected chi connectivity index (χ2v) is 5.62. The topological polar surface area (TPSA) is 54.0 Å². The zero-order chi connectivity index (χ0) is 12.8. The first-order valence-corrected chi connectivity index (χ1v) is 7.01. The molecule has 3 heterocycles. The number of rotatable bonds is 2. The minimum absolute atomic E-state index is 0.346. The summed E-state index contributed by atoms with van der Waals surface area (Å²) in [6.07, 6.45) is 6.66. The zero-order valence-electron chi connectivity index (χ0n) is 11.1. The number of hydrogen-bond donors (Lipinski definition) is 1. The Morgan fingerprint density at radius 1 is 1.32 bits per heavy atom. The fourth-order valence-corrected chi connectivity index (χ4v) is 2.67. The second-order valence-electron chi connectivity index (χ2n) is 5.62. The van der Waals surface area contributed by atoms with Crippen LogP contribution in [-0.2, 0) is 12.8 Å². The number of likely N-dealkylation sites (N-methyl/N-ethyl adjacent to an activating group) is 1. The zero-order valence-corrected chi connectivity index (χ0v) is 11.1. The Labute approximate surface area is 112 Å². The van der Waals surface area contributed by atoms with Gasteiger partial charge in [-0.2, -0.15) is 4.98 Å². The molecule has 19 heavy (non-hydrogen) atoms. The van der Waals surface area contributed by atoms with Gasteiger partial charge in [0.15, 0.2) is 0 Å². The highest BCUT2D eigenvalue weighted by Gasteiger charge is 2.25. The SMILES string of the molecule is CN1CCc2[nH]c3nc(OC4CC4)ncc3c2CC1. The van der Waals surface area contributed by atoms with Crippen molar-refractivity contribution in [3.8, 4) is 6.01 Å². The highest BCUT2D eigenvalue weighted by atomic mass is 16.5. The van der Waals surface area contributed by atoms with Gasteiger partial charge in [-0.25, -0.2) is 4.98 Å². The molecule has 4 rings (SSSR count). The van der Waals surface area contributed by atoms with Crippen molar-refractivity contribution >= 4 is 11.0 Å². The predicted octanol–water partition coefficient (Wildman–Crippen LogP) is 1.53. The minimum Gasteiger partial charge on any atom is -0.460 e. The summed E-state index contributed by atoms with van der Waals surface area (Å²) >= 11 is 0. The summed E-state index contributed by atoms with van der Waals surface area (Å²) in [5.41, 5.74) is 3.63. The molecule has 0 amide bonds. The first-order valence-electron chi connectivity index (χ1n) is 7.01. The van der Waals surface area contributed by atoms with Crippen molar-refractivity contribution in [2.75, 3.05) is 20.1 Å². The van der Waals surface area contributed by atoms with Gasteiger partial charge in [0.1, 0.15) is 11.8 Å². The highest BCUT2D eigenvalue weighted by Crippen LogP contribution is 2.28. The molecule has 100 valence electrons. The van der Waals surface area contributed by atoms with Gasteiger partial charge in [-0.15, -0.1) is 0 Å². The van der Waals surface area contributed by atoms with Gasteiger partial charge in [-0.1, -0.05) is 0 Å². The number of hydrogen-bond acceptors (Lipinski definition) is 4. The molecule has 0 radical (unpaired) electrons. The lowest BCUT2D eigenvalue weighted by Gasteiger charge is -2.11. The second kappa shape index (κ2) is 4.20. The van der Waals surface area contributed by atoms with Gasteiger partial charge in [0, 0.05) is 36.8 Å². The molecule has 5 nitrogen and oxygen atoms in total. The van der Waals surface area contributed by atoms with Crippen molar-refractivity contribution < 1.29 is 4.74 Å². The largest absolute Gasteiger partial charge is 0.460 e. The van der Waals surface area contributed by atoms with Crippen LogP contribution in [0.3, 0.4) is 0 Å². The van der Waals surface area contributed by atoms with E-state index >= 15 is 0 Å². The van der Waals surface area contributed by atoms with E-state index in [9.17, 15) is 0 Å². The van der Waals surface area contributed by atoms with Gasteiger partial charge in [0.25, 0.3) is 0 Å². The number of nitrogens with zero attached hydrogens (tertiary/aromatic N) is 3. The van der Waals surface area contributed by atoms with Crippen LogP contribution < -0.4 is 4.74 Å². The molecule has 0 unspecified atom stereocenters. The van der Waals surface area contributed by atoms with Gasteiger partial charge in [-0.05, 0) is 31.9 Å². The molecule has 0 spiro atoms. The normalized spacial score (nSPS) is 20.3. The lowest BCUT2D eigenvalue weighted by Crippen LogP contribution is -2.21. The number of nitrogens with one attached hydrogen (secondary N) is 1. The fraction of sp³-hybridized carbons (Fsp3) is 0.571. The third-order valence-electron chi connectivity index (χ3n) is 4.01. The molecule has 0 bridgehead atoms. The maximum atomic E-state index is 5.66. The molecular formula is C14H18N4O. The van der Waals surface area contributed by atoms with E-state index in [1.54, 1.807) is 0 Å². The van der Waals surface area contributed by atoms with Crippen molar-refractivity contribution in [2.45, 2.75) is 31.8 Å². The molecule has 1 fully saturated rings. The van der Waals surface area contributed by atoms with Crippen LogP contribution in [0.25, 0.3) is 11.0 Å². The van der Waals surface area contributed by atoms with E-state index in [-0.39, 0.29) is 0 Å². The standard InChI is InChI=1S/C14H18N4O/c1-18-6-4-10-11-8-15-14(19-9-2-3-9)17-13(11)16-12(10)5-7-18/h8-9H,2-7H2,1H3,(H,15,16,17). The van der Waals surface area contributed by atoms with Gasteiger partial charge >= 0.3 is 6.01 Å². The Balaban J connectivity index is 1.72. The van der Waals surface area contributed by atoms with E-state index in [4.69, 9.17) is 4.74 Å². The summed E-state index contributed by atoms with van der Waals surface area (Å²) in [5, 5.41) is 1.16. The van der Waals surface area contributed by atoms with Crippen molar-refractivity contribution in [1.82, 2.24) is 19.9 Å². The minimum atomic E-state index is 0.346. The van der Waals surface area contributed by atoms with Gasteiger partial charge in [0.2, 0.25) is 0 Å². The Morgan fingerprint density at radius 2 is 2.16 bits per heavy atom. The fourth-order valence-electron chi connectivity index (χ4n) is 2.67. The van der Waals surface area contributed by atoms with Crippen LogP contribution in [0, 0.1) is 0 Å². The van der Waals surface area contributed by atoms with Crippen LogP contribution in [-0.4, -0.2) is 46.1 Å². The Bertz CT molecular complexity index is 617. The average Bonchev–Trinajstić information content (AvgIpc) is 3.16. The number of ether oxygens (including phenoxy) is 1. The third-order valence-corrected chi connectivity index (χ3v) is 4.01. The third kappa shape index (κ3) is 2.08. The van der Waals surface area contributed by atoms with E-state index in [0.717, 1.165) is 49.8 Å². The first-order chi connectivity index (χ1) is 9.29. The van der Waals surface area contributed by atoms with E-state index in [1.165, 1.54) is 11.3 Å². The smallest absolute Gasteiger partial charge is 0.318 e. The summed E-state index contributed by atoms with van der Waals surface area (Å²) in [5.74, 6) is 0. The molecule has 2 aliphatic rings. The Hall–Kier alpha value is -1.62. The molecule has 1 N–H and O–H groups in total. The van der Waals surface area contributed by atoms with Crippen LogP contribution in [0.4, 0.5) is 0 Å². The quantitative estimate of drug-likeness (QED) is 0.887. The highest BCUT2D eigenvalue weighted by molar-refractivity contribution is 5.81.